The molecular formula is C46H80ClF6NO7. The Morgan fingerprint density at radius 3 is 0.852 bits per heavy atom. The van der Waals surface area contributed by atoms with Crippen molar-refractivity contribution in [2.75, 3.05) is 12.4 Å². The molecule has 0 aliphatic carbocycles. The number of ketones is 7. The van der Waals surface area contributed by atoms with Gasteiger partial charge in [-0.2, -0.15) is 26.3 Å². The van der Waals surface area contributed by atoms with Crippen molar-refractivity contribution >= 4 is 52.1 Å². The van der Waals surface area contributed by atoms with Crippen molar-refractivity contribution in [3.8, 4) is 0 Å². The van der Waals surface area contributed by atoms with Crippen LogP contribution in [-0.2, 0) is 33.6 Å². The quantitative estimate of drug-likeness (QED) is 0.116. The van der Waals surface area contributed by atoms with Gasteiger partial charge in [0.1, 0.15) is 23.8 Å². The van der Waals surface area contributed by atoms with Crippen LogP contribution in [0.2, 0.25) is 0 Å². The minimum atomic E-state index is -4.70. The van der Waals surface area contributed by atoms with Crippen LogP contribution >= 0.6 is 11.6 Å². The van der Waals surface area contributed by atoms with Gasteiger partial charge in [-0.15, -0.1) is 11.6 Å². The van der Waals surface area contributed by atoms with E-state index in [0.29, 0.717) is 12.2 Å². The van der Waals surface area contributed by atoms with Gasteiger partial charge in [-0.05, 0) is 13.0 Å². The number of hydrogen-bond acceptors (Lipinski definition) is 7. The van der Waals surface area contributed by atoms with Gasteiger partial charge in [-0.25, -0.2) is 6.57 Å². The highest BCUT2D eigenvalue weighted by Crippen LogP contribution is 2.28. The van der Waals surface area contributed by atoms with Gasteiger partial charge in [0.25, 0.3) is 6.54 Å². The first-order valence-corrected chi connectivity index (χ1v) is 20.1. The summed E-state index contributed by atoms with van der Waals surface area (Å²) in [4.78, 5) is 77.7. The second kappa shape index (κ2) is 29.2. The Kier molecular flexibility index (Phi) is 34.6. The number of halogens is 7. The molecule has 0 aliphatic heterocycles. The van der Waals surface area contributed by atoms with E-state index in [1.807, 2.05) is 111 Å². The maximum Gasteiger partial charge on any atom is 0.450 e. The Hall–Kier alpha value is -3.21. The third-order valence-corrected chi connectivity index (χ3v) is 7.53. The monoisotopic (exact) mass is 908 g/mol. The van der Waals surface area contributed by atoms with Crippen molar-refractivity contribution in [2.24, 2.45) is 37.9 Å². The standard InChI is InChI=1S/C7H11F3O.C7H11NO.C7H14O.C7H12O.C6H11ClO.C6H9F3O.C6H12O/c1-6(2,3)5(11)4-7(8,9)10;1-7(2,3)6(9)5-8-4;2*1-5-6(8)7(2,3)4;1-6(2,3)5(8)4-7;1-5(2,3)4(10)6(7,8)9;1-5(7)6(2,3)4/h4H2,1-3H3;5H2,1-3H3;5H2,1-4H3;5H,1H2,2-4H3;4H2,1-3H3;1-3H3;1-4H3. The second-order valence-corrected chi connectivity index (χ2v) is 21.3. The van der Waals surface area contributed by atoms with E-state index >= 15 is 0 Å². The molecule has 61 heavy (non-hydrogen) atoms. The molecule has 0 aliphatic rings. The molecule has 0 spiro atoms. The van der Waals surface area contributed by atoms with E-state index < -0.39 is 41.2 Å². The molecule has 0 rings (SSSR count). The summed E-state index contributed by atoms with van der Waals surface area (Å²) in [5, 5.41) is 0. The summed E-state index contributed by atoms with van der Waals surface area (Å²) in [6.07, 6.45) is -8.37. The molecule has 0 atom stereocenters. The molecule has 0 bridgehead atoms. The predicted molar refractivity (Wildman–Crippen MR) is 236 cm³/mol. The zero-order valence-corrected chi connectivity index (χ0v) is 42.3. The Labute approximate surface area is 370 Å². The van der Waals surface area contributed by atoms with Crippen molar-refractivity contribution < 1.29 is 59.9 Å². The minimum Gasteiger partial charge on any atom is -0.309 e. The number of rotatable bonds is 5. The summed E-state index contributed by atoms with van der Waals surface area (Å²) in [5.41, 5.74) is -3.34. The van der Waals surface area contributed by atoms with Crippen LogP contribution in [0, 0.1) is 44.5 Å². The Morgan fingerprint density at radius 1 is 0.525 bits per heavy atom. The zero-order chi connectivity index (χ0) is 51.8. The Morgan fingerprint density at radius 2 is 0.820 bits per heavy atom. The van der Waals surface area contributed by atoms with Crippen LogP contribution in [0.25, 0.3) is 4.85 Å². The molecule has 15 heteroatoms. The van der Waals surface area contributed by atoms with E-state index in [1.54, 1.807) is 6.92 Å². The normalized spacial score (nSPS) is 11.9. The molecular weight excluding hydrogens is 828 g/mol. The van der Waals surface area contributed by atoms with Gasteiger partial charge in [-0.3, -0.25) is 33.6 Å². The summed E-state index contributed by atoms with van der Waals surface area (Å²) < 4.78 is 69.6. The van der Waals surface area contributed by atoms with Crippen LogP contribution in [0.1, 0.15) is 172 Å². The summed E-state index contributed by atoms with van der Waals surface area (Å²) in [5.74, 6) is -1.55. The van der Waals surface area contributed by atoms with Gasteiger partial charge in [0.15, 0.2) is 11.6 Å². The number of alkyl halides is 7. The lowest BCUT2D eigenvalue weighted by molar-refractivity contribution is -0.179. The lowest BCUT2D eigenvalue weighted by Gasteiger charge is -2.17. The Bertz CT molecular complexity index is 1380. The highest BCUT2D eigenvalue weighted by molar-refractivity contribution is 6.28. The molecule has 0 aromatic carbocycles. The molecule has 0 fully saturated rings. The fourth-order valence-electron chi connectivity index (χ4n) is 2.22. The topological polar surface area (TPSA) is 124 Å². The molecule has 0 aromatic heterocycles. The van der Waals surface area contributed by atoms with E-state index in [-0.39, 0.29) is 62.6 Å². The van der Waals surface area contributed by atoms with Crippen LogP contribution in [0.4, 0.5) is 26.3 Å². The maximum atomic E-state index is 11.6. The van der Waals surface area contributed by atoms with Crippen molar-refractivity contribution in [2.45, 2.75) is 184 Å². The van der Waals surface area contributed by atoms with Crippen LogP contribution in [0.3, 0.4) is 0 Å². The molecule has 0 saturated heterocycles. The number of hydrogen-bond donors (Lipinski definition) is 0. The molecule has 0 heterocycles. The first kappa shape index (κ1) is 72.3. The molecule has 0 aromatic rings. The fourth-order valence-corrected chi connectivity index (χ4v) is 2.62. The zero-order valence-electron chi connectivity index (χ0n) is 41.6. The minimum absolute atomic E-state index is 0.0116. The van der Waals surface area contributed by atoms with E-state index in [0.717, 1.165) is 0 Å². The number of allylic oxidation sites excluding steroid dienone is 1. The first-order chi connectivity index (χ1) is 26.2. The Balaban J connectivity index is -0.000000112. The van der Waals surface area contributed by atoms with Crippen molar-refractivity contribution in [3.63, 3.8) is 0 Å². The summed E-state index contributed by atoms with van der Waals surface area (Å²) in [6.45, 7) is 49.7. The van der Waals surface area contributed by atoms with E-state index in [9.17, 15) is 59.9 Å². The SMILES string of the molecule is C=CC(=O)C(C)(C)C.CC(=O)C(C)(C)C.CC(C)(C)C(=O)C(F)(F)F.CC(C)(C)C(=O)CC(F)(F)F.CC(C)(C)C(=O)CCl.CCC(=O)C(C)(C)C.[C-]#[N+]CC(=O)C(C)(C)C. The average Bonchev–Trinajstić information content (AvgIpc) is 3.00. The first-order valence-electron chi connectivity index (χ1n) is 19.5. The fraction of sp³-hybridized carbons (Fsp3) is 0.783. The highest BCUT2D eigenvalue weighted by atomic mass is 35.5. The van der Waals surface area contributed by atoms with E-state index in [2.05, 4.69) is 11.4 Å². The van der Waals surface area contributed by atoms with Crippen LogP contribution in [0.15, 0.2) is 12.7 Å². The molecule has 0 unspecified atom stereocenters. The lowest BCUT2D eigenvalue weighted by atomic mass is 9.89. The summed E-state index contributed by atoms with van der Waals surface area (Å²) in [6, 6.07) is 0. The molecule has 0 saturated carbocycles. The van der Waals surface area contributed by atoms with Crippen molar-refractivity contribution in [3.05, 3.63) is 24.1 Å². The largest absolute Gasteiger partial charge is 0.450 e. The van der Waals surface area contributed by atoms with Crippen LogP contribution in [0.5, 0.6) is 0 Å². The highest BCUT2D eigenvalue weighted by Gasteiger charge is 2.45. The summed E-state index contributed by atoms with van der Waals surface area (Å²) in [7, 11) is 0. The third kappa shape index (κ3) is 49.3. The van der Waals surface area contributed by atoms with Crippen LogP contribution in [-0.4, -0.2) is 65.3 Å². The molecule has 0 radical (unpaired) electrons. The molecule has 0 amide bonds. The number of nitrogens with zero attached hydrogens (tertiary/aromatic N) is 1. The summed E-state index contributed by atoms with van der Waals surface area (Å²) >= 11 is 5.29. The van der Waals surface area contributed by atoms with E-state index in [1.165, 1.54) is 47.6 Å². The van der Waals surface area contributed by atoms with Gasteiger partial charge in [0.2, 0.25) is 11.6 Å². The molecule has 0 N–H and O–H groups in total. The predicted octanol–water partition coefficient (Wildman–Crippen LogP) is 13.5. The van der Waals surface area contributed by atoms with Crippen molar-refractivity contribution in [1.82, 2.24) is 0 Å². The maximum absolute atomic E-state index is 11.6. The van der Waals surface area contributed by atoms with Gasteiger partial charge in [-0.1, -0.05) is 159 Å². The number of carbonyl (C=O) groups excluding carboxylic acids is 7. The van der Waals surface area contributed by atoms with Gasteiger partial charge in [0, 0.05) is 44.3 Å². The van der Waals surface area contributed by atoms with E-state index in [4.69, 9.17) is 18.2 Å². The number of Topliss-reactive ketones (excluding diaryl/α,β-unsaturated/α-hetero) is 6. The van der Waals surface area contributed by atoms with Gasteiger partial charge < -0.3 is 4.85 Å². The third-order valence-electron chi connectivity index (χ3n) is 7.29. The lowest BCUT2D eigenvalue weighted by Crippen LogP contribution is -2.34. The molecule has 8 nitrogen and oxygen atoms in total. The van der Waals surface area contributed by atoms with Gasteiger partial charge in [0.05, 0.1) is 5.88 Å². The average molecular weight is 909 g/mol. The second-order valence-electron chi connectivity index (χ2n) is 21.0. The van der Waals surface area contributed by atoms with Crippen LogP contribution < -0.4 is 0 Å². The number of carbonyl (C=O) groups is 7. The smallest absolute Gasteiger partial charge is 0.309 e. The molecule has 360 valence electrons. The van der Waals surface area contributed by atoms with Crippen molar-refractivity contribution in [1.29, 1.82) is 0 Å². The van der Waals surface area contributed by atoms with Gasteiger partial charge >= 0.3 is 12.4 Å².